The van der Waals surface area contributed by atoms with Gasteiger partial charge in [0, 0.05) is 12.5 Å². The van der Waals surface area contributed by atoms with Crippen LogP contribution in [0.1, 0.15) is 80.4 Å². The molecule has 2 aliphatic rings. The Morgan fingerprint density at radius 3 is 2.09 bits per heavy atom. The van der Waals surface area contributed by atoms with Crippen molar-refractivity contribution in [2.45, 2.75) is 51.9 Å². The fourth-order valence-electron chi connectivity index (χ4n) is 5.73. The van der Waals surface area contributed by atoms with Gasteiger partial charge in [-0.15, -0.1) is 0 Å². The van der Waals surface area contributed by atoms with Gasteiger partial charge in [-0.3, -0.25) is 34.2 Å². The quantitative estimate of drug-likeness (QED) is 0.217. The Morgan fingerprint density at radius 2 is 1.47 bits per heavy atom. The maximum Gasteiger partial charge on any atom is 0.264 e. The zero-order valence-corrected chi connectivity index (χ0v) is 25.9. The molecule has 10 nitrogen and oxygen atoms in total. The van der Waals surface area contributed by atoms with Gasteiger partial charge in [-0.25, -0.2) is 0 Å². The van der Waals surface area contributed by atoms with Gasteiger partial charge in [-0.1, -0.05) is 80.6 Å². The molecule has 0 saturated carbocycles. The second-order valence-electron chi connectivity index (χ2n) is 11.7. The van der Waals surface area contributed by atoms with Crippen molar-refractivity contribution in [1.82, 2.24) is 10.2 Å². The minimum absolute atomic E-state index is 0.00239. The van der Waals surface area contributed by atoms with E-state index in [4.69, 9.17) is 9.47 Å². The molecule has 2 N–H and O–H groups in total. The van der Waals surface area contributed by atoms with Gasteiger partial charge in [-0.05, 0) is 47.2 Å². The first-order valence-corrected chi connectivity index (χ1v) is 15.4. The first-order chi connectivity index (χ1) is 22.7. The molecule has 0 aromatic heterocycles. The van der Waals surface area contributed by atoms with E-state index in [1.54, 1.807) is 18.2 Å². The van der Waals surface area contributed by atoms with Crippen molar-refractivity contribution >= 4 is 35.2 Å². The number of hydrogen-bond donors (Lipinski definition) is 2. The summed E-state index contributed by atoms with van der Waals surface area (Å²) in [5, 5.41) is 5.01. The minimum Gasteiger partial charge on any atom is -0.488 e. The van der Waals surface area contributed by atoms with Crippen molar-refractivity contribution in [2.24, 2.45) is 0 Å². The summed E-state index contributed by atoms with van der Waals surface area (Å²) in [4.78, 5) is 66.1. The Balaban J connectivity index is 1.32. The van der Waals surface area contributed by atoms with Gasteiger partial charge in [-0.2, -0.15) is 0 Å². The van der Waals surface area contributed by atoms with Crippen LogP contribution >= 0.6 is 0 Å². The van der Waals surface area contributed by atoms with E-state index < -0.39 is 35.6 Å². The predicted molar refractivity (Wildman–Crippen MR) is 173 cm³/mol. The van der Waals surface area contributed by atoms with E-state index in [0.717, 1.165) is 21.6 Å². The fourth-order valence-corrected chi connectivity index (χ4v) is 5.73. The molecule has 5 amide bonds. The summed E-state index contributed by atoms with van der Waals surface area (Å²) in [5.74, 6) is -2.28. The summed E-state index contributed by atoms with van der Waals surface area (Å²) in [6, 6.07) is 26.1. The molecular weight excluding hydrogens is 598 g/mol. The third-order valence-electron chi connectivity index (χ3n) is 8.17. The van der Waals surface area contributed by atoms with Crippen LogP contribution in [0.4, 0.5) is 5.69 Å². The number of carbonyl (C=O) groups is 5. The molecule has 1 atom stereocenters. The van der Waals surface area contributed by atoms with Crippen LogP contribution in [0, 0.1) is 0 Å². The lowest BCUT2D eigenvalue weighted by Gasteiger charge is -2.27. The van der Waals surface area contributed by atoms with Crippen molar-refractivity contribution in [3.63, 3.8) is 0 Å². The number of ether oxygens (including phenoxy) is 2. The number of benzene rings is 4. The average molecular weight is 632 g/mol. The number of hydrogen-bond acceptors (Lipinski definition) is 7. The molecule has 4 aromatic rings. The summed E-state index contributed by atoms with van der Waals surface area (Å²) in [7, 11) is 0. The summed E-state index contributed by atoms with van der Waals surface area (Å²) in [6.45, 7) is 4.50. The van der Waals surface area contributed by atoms with Gasteiger partial charge in [0.05, 0.1) is 22.4 Å². The van der Waals surface area contributed by atoms with Crippen LogP contribution < -0.4 is 20.1 Å². The molecule has 1 saturated heterocycles. The molecule has 0 radical (unpaired) electrons. The Kier molecular flexibility index (Phi) is 8.83. The zero-order chi connectivity index (χ0) is 33.1. The Labute approximate surface area is 271 Å². The number of nitrogens with one attached hydrogen (secondary N) is 2. The molecule has 6 rings (SSSR count). The Morgan fingerprint density at radius 1 is 0.830 bits per heavy atom. The fraction of sp³-hybridized carbons (Fsp3) is 0.216. The highest BCUT2D eigenvalue weighted by atomic mass is 16.5. The number of rotatable bonds is 10. The molecule has 0 bridgehead atoms. The lowest BCUT2D eigenvalue weighted by atomic mass is 9.98. The van der Waals surface area contributed by atoms with E-state index >= 15 is 0 Å². The zero-order valence-electron chi connectivity index (χ0n) is 25.9. The summed E-state index contributed by atoms with van der Waals surface area (Å²) < 4.78 is 12.5. The van der Waals surface area contributed by atoms with Crippen LogP contribution in [0.5, 0.6) is 11.5 Å². The lowest BCUT2D eigenvalue weighted by molar-refractivity contribution is -0.136. The minimum atomic E-state index is -1.13. The number of nitrogens with zero attached hydrogens (tertiary/aromatic N) is 1. The van der Waals surface area contributed by atoms with Gasteiger partial charge in [0.1, 0.15) is 30.8 Å². The Hall–Kier alpha value is -5.77. The molecule has 238 valence electrons. The van der Waals surface area contributed by atoms with Gasteiger partial charge in [0.25, 0.3) is 17.7 Å². The van der Waals surface area contributed by atoms with Crippen molar-refractivity contribution in [2.75, 3.05) is 5.32 Å². The first-order valence-electron chi connectivity index (χ1n) is 15.4. The highest BCUT2D eigenvalue weighted by Gasteiger charge is 2.45. The summed E-state index contributed by atoms with van der Waals surface area (Å²) in [6.07, 6.45) is 0.0268. The Bertz CT molecular complexity index is 1870. The molecule has 10 heteroatoms. The third-order valence-corrected chi connectivity index (χ3v) is 8.17. The maximum atomic E-state index is 14.0. The van der Waals surface area contributed by atoms with Crippen LogP contribution in [0.25, 0.3) is 0 Å². The molecule has 1 unspecified atom stereocenters. The topological polar surface area (TPSA) is 131 Å². The van der Waals surface area contributed by atoms with Crippen molar-refractivity contribution in [3.8, 4) is 11.5 Å². The number of imide groups is 2. The maximum absolute atomic E-state index is 14.0. The smallest absolute Gasteiger partial charge is 0.264 e. The van der Waals surface area contributed by atoms with Gasteiger partial charge in [0.2, 0.25) is 11.8 Å². The molecule has 1 fully saturated rings. The molecule has 4 aromatic carbocycles. The standard InChI is InChI=1S/C37H33N3O7/c1-22(2)26-18-27(31(47-21-24-12-7-4-8-13-24)19-30(26)46-20-23-10-5-3-6-11-23)34(42)38-28-15-9-14-25-33(28)37(45)40(36(25)44)29-16-17-32(41)39-35(29)43/h3-15,18-19,22,29H,16-17,20-21H2,1-2H3,(H,38,42)(H,39,41,43). The van der Waals surface area contributed by atoms with Crippen LogP contribution in [0.3, 0.4) is 0 Å². The highest BCUT2D eigenvalue weighted by Crippen LogP contribution is 2.37. The number of carbonyl (C=O) groups excluding carboxylic acids is 5. The van der Waals surface area contributed by atoms with Gasteiger partial charge < -0.3 is 14.8 Å². The normalized spacial score (nSPS) is 15.8. The summed E-state index contributed by atoms with van der Waals surface area (Å²) >= 11 is 0. The van der Waals surface area contributed by atoms with Crippen molar-refractivity contribution in [3.05, 3.63) is 124 Å². The molecule has 0 aliphatic carbocycles. The number of fused-ring (bicyclic) bond motifs is 1. The second-order valence-corrected chi connectivity index (χ2v) is 11.7. The number of amides is 5. The van der Waals surface area contributed by atoms with Gasteiger partial charge >= 0.3 is 0 Å². The SMILES string of the molecule is CC(C)c1cc(C(=O)Nc2cccc3c2C(=O)N(C2CCC(=O)NC2=O)C3=O)c(OCc2ccccc2)cc1OCc1ccccc1. The van der Waals surface area contributed by atoms with Crippen LogP contribution in [-0.4, -0.2) is 40.5 Å². The van der Waals surface area contributed by atoms with Crippen molar-refractivity contribution in [1.29, 1.82) is 0 Å². The monoisotopic (exact) mass is 631 g/mol. The number of anilines is 1. The van der Waals surface area contributed by atoms with Gasteiger partial charge in [0.15, 0.2) is 0 Å². The van der Waals surface area contributed by atoms with Crippen LogP contribution in [0.2, 0.25) is 0 Å². The van der Waals surface area contributed by atoms with E-state index in [1.165, 1.54) is 12.1 Å². The largest absolute Gasteiger partial charge is 0.488 e. The molecule has 47 heavy (non-hydrogen) atoms. The third kappa shape index (κ3) is 6.48. The average Bonchev–Trinajstić information content (AvgIpc) is 3.33. The first kappa shape index (κ1) is 31.2. The predicted octanol–water partition coefficient (Wildman–Crippen LogP) is 5.62. The lowest BCUT2D eigenvalue weighted by Crippen LogP contribution is -2.54. The molecule has 0 spiro atoms. The van der Waals surface area contributed by atoms with E-state index in [2.05, 4.69) is 10.6 Å². The van der Waals surface area contributed by atoms with E-state index in [1.807, 2.05) is 74.5 Å². The molecule has 2 heterocycles. The van der Waals surface area contributed by atoms with E-state index in [0.29, 0.717) is 12.4 Å². The van der Waals surface area contributed by atoms with Crippen LogP contribution in [-0.2, 0) is 22.8 Å². The summed E-state index contributed by atoms with van der Waals surface area (Å²) in [5.41, 5.74) is 3.04. The molecule has 2 aliphatic heterocycles. The second kappa shape index (κ2) is 13.3. The molecular formula is C37H33N3O7. The van der Waals surface area contributed by atoms with E-state index in [-0.39, 0.29) is 53.5 Å². The van der Waals surface area contributed by atoms with E-state index in [9.17, 15) is 24.0 Å². The number of piperidine rings is 1. The van der Waals surface area contributed by atoms with Crippen LogP contribution in [0.15, 0.2) is 91.0 Å². The van der Waals surface area contributed by atoms with Crippen molar-refractivity contribution < 1.29 is 33.4 Å². The highest BCUT2D eigenvalue weighted by molar-refractivity contribution is 6.26.